The number of aryl methyl sites for hydroxylation is 1. The summed E-state index contributed by atoms with van der Waals surface area (Å²) in [5.74, 6) is 1.32. The highest BCUT2D eigenvalue weighted by molar-refractivity contribution is 6.31. The molecule has 0 radical (unpaired) electrons. The molecule has 2 aromatic rings. The number of rotatable bonds is 3. The third-order valence-corrected chi connectivity index (χ3v) is 4.48. The molecule has 0 bridgehead atoms. The van der Waals surface area contributed by atoms with Crippen molar-refractivity contribution < 1.29 is 4.52 Å². The van der Waals surface area contributed by atoms with Gasteiger partial charge in [-0.15, -0.1) is 0 Å². The van der Waals surface area contributed by atoms with E-state index in [1.807, 2.05) is 13.8 Å². The summed E-state index contributed by atoms with van der Waals surface area (Å²) in [7, 11) is 0. The summed E-state index contributed by atoms with van der Waals surface area (Å²) in [6, 6.07) is 0.203. The van der Waals surface area contributed by atoms with Gasteiger partial charge >= 0.3 is 0 Å². The van der Waals surface area contributed by atoms with E-state index in [0.29, 0.717) is 17.5 Å². The first-order valence-electron chi connectivity index (χ1n) is 7.40. The molecular weight excluding hydrogens is 290 g/mol. The first-order chi connectivity index (χ1) is 10.1. The average Bonchev–Trinajstić information content (AvgIpc) is 2.89. The van der Waals surface area contributed by atoms with E-state index >= 15 is 0 Å². The Morgan fingerprint density at radius 3 is 2.95 bits per heavy atom. The van der Waals surface area contributed by atoms with Crippen molar-refractivity contribution in [1.29, 1.82) is 0 Å². The topological polar surface area (TPSA) is 68.8 Å². The minimum Gasteiger partial charge on any atom is -0.337 e. The smallest absolute Gasteiger partial charge is 0.248 e. The maximum absolute atomic E-state index is 6.15. The maximum atomic E-state index is 6.15. The Labute approximate surface area is 128 Å². The fourth-order valence-corrected chi connectivity index (χ4v) is 2.82. The van der Waals surface area contributed by atoms with Crippen molar-refractivity contribution in [2.75, 3.05) is 6.54 Å². The van der Waals surface area contributed by atoms with Crippen LogP contribution in [0, 0.1) is 13.8 Å². The molecule has 7 heteroatoms. The van der Waals surface area contributed by atoms with Gasteiger partial charge in [0.2, 0.25) is 5.89 Å². The first kappa shape index (κ1) is 14.5. The van der Waals surface area contributed by atoms with Crippen LogP contribution in [0.25, 0.3) is 0 Å². The summed E-state index contributed by atoms with van der Waals surface area (Å²) >= 11 is 6.15. The molecule has 1 saturated heterocycles. The Bertz CT molecular complexity index is 613. The molecule has 114 valence electrons. The van der Waals surface area contributed by atoms with E-state index in [2.05, 4.69) is 20.6 Å². The average molecular weight is 310 g/mol. The van der Waals surface area contributed by atoms with Gasteiger partial charge in [0.1, 0.15) is 6.54 Å². The van der Waals surface area contributed by atoms with Crippen molar-refractivity contribution in [3.63, 3.8) is 0 Å². The number of nitrogens with one attached hydrogen (secondary N) is 1. The summed E-state index contributed by atoms with van der Waals surface area (Å²) in [6.07, 6.45) is 4.74. The van der Waals surface area contributed by atoms with Crippen LogP contribution in [0.2, 0.25) is 5.02 Å². The molecule has 1 N–H and O–H groups in total. The summed E-state index contributed by atoms with van der Waals surface area (Å²) < 4.78 is 7.16. The Hall–Kier alpha value is -1.40. The van der Waals surface area contributed by atoms with E-state index in [4.69, 9.17) is 16.1 Å². The molecule has 0 aliphatic carbocycles. The van der Waals surface area contributed by atoms with E-state index in [0.717, 1.165) is 30.2 Å². The van der Waals surface area contributed by atoms with Gasteiger partial charge in [-0.05, 0) is 33.2 Å². The van der Waals surface area contributed by atoms with E-state index in [-0.39, 0.29) is 6.04 Å². The van der Waals surface area contributed by atoms with Crippen molar-refractivity contribution >= 4 is 11.6 Å². The molecular formula is C14H20ClN5O. The van der Waals surface area contributed by atoms with Crippen LogP contribution in [0.15, 0.2) is 4.52 Å². The van der Waals surface area contributed by atoms with Crippen molar-refractivity contribution in [3.05, 3.63) is 28.1 Å². The molecule has 1 unspecified atom stereocenters. The number of aromatic nitrogens is 4. The maximum Gasteiger partial charge on any atom is 0.248 e. The summed E-state index contributed by atoms with van der Waals surface area (Å²) in [5.41, 5.74) is 1.74. The van der Waals surface area contributed by atoms with Gasteiger partial charge < -0.3 is 9.84 Å². The number of hydrogen-bond acceptors (Lipinski definition) is 5. The number of nitrogens with zero attached hydrogens (tertiary/aromatic N) is 4. The van der Waals surface area contributed by atoms with Gasteiger partial charge in [-0.3, -0.25) is 4.68 Å². The molecule has 0 aromatic carbocycles. The van der Waals surface area contributed by atoms with Gasteiger partial charge in [-0.25, -0.2) is 0 Å². The van der Waals surface area contributed by atoms with E-state index < -0.39 is 0 Å². The van der Waals surface area contributed by atoms with Crippen LogP contribution >= 0.6 is 11.6 Å². The number of halogens is 1. The number of hydrogen-bond donors (Lipinski definition) is 1. The lowest BCUT2D eigenvalue weighted by atomic mass is 10.1. The second-order valence-electron chi connectivity index (χ2n) is 5.54. The molecule has 3 heterocycles. The highest BCUT2D eigenvalue weighted by Gasteiger charge is 2.20. The molecule has 0 amide bonds. The Morgan fingerprint density at radius 1 is 1.33 bits per heavy atom. The van der Waals surface area contributed by atoms with Gasteiger partial charge in [-0.1, -0.05) is 29.6 Å². The zero-order valence-corrected chi connectivity index (χ0v) is 13.2. The first-order valence-corrected chi connectivity index (χ1v) is 7.78. The minimum absolute atomic E-state index is 0.203. The third-order valence-electron chi connectivity index (χ3n) is 3.93. The van der Waals surface area contributed by atoms with Gasteiger partial charge in [0, 0.05) is 0 Å². The lowest BCUT2D eigenvalue weighted by Crippen LogP contribution is -2.21. The monoisotopic (exact) mass is 309 g/mol. The normalized spacial score (nSPS) is 19.7. The standard InChI is InChI=1S/C14H20ClN5O/c1-9-13(15)10(2)20(18-9)8-12-17-14(19-21-12)11-6-4-3-5-7-16-11/h11,16H,3-8H2,1-2H3. The van der Waals surface area contributed by atoms with Crippen LogP contribution in [0.4, 0.5) is 0 Å². The van der Waals surface area contributed by atoms with Gasteiger partial charge in [0.05, 0.1) is 22.5 Å². The van der Waals surface area contributed by atoms with Crippen molar-refractivity contribution in [2.24, 2.45) is 0 Å². The molecule has 21 heavy (non-hydrogen) atoms. The zero-order valence-electron chi connectivity index (χ0n) is 12.4. The fraction of sp³-hybridized carbons (Fsp3) is 0.643. The lowest BCUT2D eigenvalue weighted by Gasteiger charge is -2.09. The SMILES string of the molecule is Cc1nn(Cc2nc(C3CCCCCN3)no2)c(C)c1Cl. The summed E-state index contributed by atoms with van der Waals surface area (Å²) in [6.45, 7) is 5.30. The van der Waals surface area contributed by atoms with Crippen LogP contribution in [-0.2, 0) is 6.54 Å². The second-order valence-corrected chi connectivity index (χ2v) is 5.92. The quantitative estimate of drug-likeness (QED) is 0.944. The predicted molar refractivity (Wildman–Crippen MR) is 79.3 cm³/mol. The van der Waals surface area contributed by atoms with Crippen molar-refractivity contribution in [2.45, 2.75) is 52.1 Å². The van der Waals surface area contributed by atoms with Crippen molar-refractivity contribution in [3.8, 4) is 0 Å². The molecule has 0 spiro atoms. The molecule has 1 atom stereocenters. The molecule has 2 aromatic heterocycles. The zero-order chi connectivity index (χ0) is 14.8. The van der Waals surface area contributed by atoms with Gasteiger partial charge in [0.25, 0.3) is 0 Å². The van der Waals surface area contributed by atoms with Crippen LogP contribution in [0.1, 0.15) is 54.8 Å². The second kappa shape index (κ2) is 6.15. The molecule has 6 nitrogen and oxygen atoms in total. The largest absolute Gasteiger partial charge is 0.337 e. The van der Waals surface area contributed by atoms with Gasteiger partial charge in [-0.2, -0.15) is 10.1 Å². The van der Waals surface area contributed by atoms with Crippen LogP contribution in [0.5, 0.6) is 0 Å². The van der Waals surface area contributed by atoms with Gasteiger partial charge in [0.15, 0.2) is 5.82 Å². The van der Waals surface area contributed by atoms with Crippen LogP contribution in [0.3, 0.4) is 0 Å². The van der Waals surface area contributed by atoms with E-state index in [9.17, 15) is 0 Å². The van der Waals surface area contributed by atoms with Crippen LogP contribution in [-0.4, -0.2) is 26.5 Å². The van der Waals surface area contributed by atoms with Crippen LogP contribution < -0.4 is 5.32 Å². The summed E-state index contributed by atoms with van der Waals surface area (Å²) in [4.78, 5) is 4.51. The Kier molecular flexibility index (Phi) is 4.26. The highest BCUT2D eigenvalue weighted by atomic mass is 35.5. The molecule has 3 rings (SSSR count). The minimum atomic E-state index is 0.203. The van der Waals surface area contributed by atoms with E-state index in [1.165, 1.54) is 19.3 Å². The molecule has 1 fully saturated rings. The fourth-order valence-electron chi connectivity index (χ4n) is 2.68. The lowest BCUT2D eigenvalue weighted by molar-refractivity contribution is 0.353. The third kappa shape index (κ3) is 3.11. The van der Waals surface area contributed by atoms with E-state index in [1.54, 1.807) is 4.68 Å². The predicted octanol–water partition coefficient (Wildman–Crippen LogP) is 2.79. The molecule has 0 saturated carbocycles. The summed E-state index contributed by atoms with van der Waals surface area (Å²) in [5, 5.41) is 12.7. The highest BCUT2D eigenvalue weighted by Crippen LogP contribution is 2.22. The molecule has 1 aliphatic heterocycles. The molecule has 1 aliphatic rings. The van der Waals surface area contributed by atoms with Crippen molar-refractivity contribution in [1.82, 2.24) is 25.2 Å². The Balaban J connectivity index is 1.73. The Morgan fingerprint density at radius 2 is 2.19 bits per heavy atom.